The molecule has 1 heterocycles. The fourth-order valence-electron chi connectivity index (χ4n) is 4.00. The molecule has 8 heteroatoms. The first kappa shape index (κ1) is 27.8. The van der Waals surface area contributed by atoms with Gasteiger partial charge in [0.2, 0.25) is 0 Å². The Labute approximate surface area is 227 Å². The molecule has 8 nitrogen and oxygen atoms in total. The summed E-state index contributed by atoms with van der Waals surface area (Å²) < 4.78 is 29.1. The average Bonchev–Trinajstić information content (AvgIpc) is 3.30. The number of carbonyl (C=O) groups excluding carboxylic acids is 3. The molecule has 1 aliphatic rings. The van der Waals surface area contributed by atoms with Crippen LogP contribution in [-0.4, -0.2) is 55.7 Å². The van der Waals surface area contributed by atoms with Crippen LogP contribution in [0.25, 0.3) is 0 Å². The maximum atomic E-state index is 13.0. The van der Waals surface area contributed by atoms with E-state index in [-0.39, 0.29) is 13.2 Å². The third-order valence-electron chi connectivity index (χ3n) is 6.00. The van der Waals surface area contributed by atoms with Crippen LogP contribution in [0.15, 0.2) is 104 Å². The van der Waals surface area contributed by atoms with Crippen molar-refractivity contribution in [2.75, 3.05) is 13.2 Å². The lowest BCUT2D eigenvalue weighted by atomic mass is 10.1. The van der Waals surface area contributed by atoms with Crippen molar-refractivity contribution in [3.63, 3.8) is 0 Å². The Kier molecular flexibility index (Phi) is 9.99. The number of allylic oxidation sites excluding steroid dienone is 1. The van der Waals surface area contributed by atoms with Gasteiger partial charge in [0, 0.05) is 0 Å². The zero-order valence-corrected chi connectivity index (χ0v) is 21.3. The molecule has 0 saturated carbocycles. The SMILES string of the molecule is C=CCCCO[C@@H]1O[C@H]([13CH2]OC(=O)c2ccccc2)[C@@H](OC(=O)c2ccccc2)[C@H]1OC(=O)c1ccccc1. The number of ether oxygens (including phenoxy) is 5. The van der Waals surface area contributed by atoms with Gasteiger partial charge in [0.25, 0.3) is 0 Å². The van der Waals surface area contributed by atoms with Crippen LogP contribution in [0.2, 0.25) is 0 Å². The number of carbonyl (C=O) groups is 3. The van der Waals surface area contributed by atoms with E-state index >= 15 is 0 Å². The second kappa shape index (κ2) is 14.0. The maximum absolute atomic E-state index is 13.0. The van der Waals surface area contributed by atoms with Gasteiger partial charge in [-0.2, -0.15) is 0 Å². The lowest BCUT2D eigenvalue weighted by molar-refractivity contribution is -0.170. The predicted molar refractivity (Wildman–Crippen MR) is 142 cm³/mol. The van der Waals surface area contributed by atoms with Crippen LogP contribution >= 0.6 is 0 Å². The van der Waals surface area contributed by atoms with E-state index in [2.05, 4.69) is 6.58 Å². The van der Waals surface area contributed by atoms with Crippen LogP contribution in [-0.2, 0) is 23.7 Å². The Hall–Kier alpha value is -4.27. The van der Waals surface area contributed by atoms with Gasteiger partial charge in [-0.1, -0.05) is 60.7 Å². The van der Waals surface area contributed by atoms with Crippen molar-refractivity contribution in [2.24, 2.45) is 0 Å². The zero-order chi connectivity index (χ0) is 27.5. The molecule has 0 N–H and O–H groups in total. The van der Waals surface area contributed by atoms with Crippen molar-refractivity contribution in [2.45, 2.75) is 37.4 Å². The van der Waals surface area contributed by atoms with E-state index in [0.717, 1.165) is 0 Å². The zero-order valence-electron chi connectivity index (χ0n) is 21.3. The van der Waals surface area contributed by atoms with Gasteiger partial charge in [-0.15, -0.1) is 6.58 Å². The molecule has 3 aromatic rings. The first-order valence-corrected chi connectivity index (χ1v) is 12.7. The molecule has 202 valence electrons. The lowest BCUT2D eigenvalue weighted by Gasteiger charge is -2.24. The molecule has 0 unspecified atom stereocenters. The minimum atomic E-state index is -1.12. The summed E-state index contributed by atoms with van der Waals surface area (Å²) in [4.78, 5) is 38.7. The molecule has 39 heavy (non-hydrogen) atoms. The monoisotopic (exact) mass is 531 g/mol. The minimum Gasteiger partial charge on any atom is -0.459 e. The standard InChI is InChI=1S/C31H30O8/c1-2-3-13-20-35-31-27(39-30(34)24-18-11-6-12-19-24)26(38-29(33)23-16-9-5-10-17-23)25(37-31)21-36-28(32)22-14-7-4-8-15-22/h2,4-12,14-19,25-27,31H,1,3,13,20-21H2/t25-,26-,27-,31-/m1/s1/i21+1. The molecule has 3 aromatic carbocycles. The number of hydrogen-bond donors (Lipinski definition) is 0. The van der Waals surface area contributed by atoms with Gasteiger partial charge in [0.1, 0.15) is 12.7 Å². The number of hydrogen-bond acceptors (Lipinski definition) is 8. The fourth-order valence-corrected chi connectivity index (χ4v) is 4.00. The molecule has 1 saturated heterocycles. The minimum absolute atomic E-state index is 0.258. The topological polar surface area (TPSA) is 97.4 Å². The van der Waals surface area contributed by atoms with Crippen LogP contribution in [0.1, 0.15) is 43.9 Å². The van der Waals surface area contributed by atoms with Crippen molar-refractivity contribution in [3.8, 4) is 0 Å². The van der Waals surface area contributed by atoms with Gasteiger partial charge >= 0.3 is 17.9 Å². The molecular formula is C31H30O8. The first-order valence-electron chi connectivity index (χ1n) is 12.7. The fraction of sp³-hybridized carbons (Fsp3) is 0.258. The van der Waals surface area contributed by atoms with E-state index in [1.165, 1.54) is 0 Å². The molecular weight excluding hydrogens is 501 g/mol. The Bertz CT molecular complexity index is 1230. The Morgan fingerprint density at radius 1 is 0.718 bits per heavy atom. The summed E-state index contributed by atoms with van der Waals surface area (Å²) in [6, 6.07) is 25.3. The van der Waals surface area contributed by atoms with Gasteiger partial charge < -0.3 is 23.7 Å². The molecule has 0 amide bonds. The third kappa shape index (κ3) is 7.63. The molecule has 0 aromatic heterocycles. The highest BCUT2D eigenvalue weighted by Gasteiger charge is 2.51. The highest BCUT2D eigenvalue weighted by atomic mass is 16.7. The summed E-state index contributed by atoms with van der Waals surface area (Å²) in [6.45, 7) is 3.73. The molecule has 0 bridgehead atoms. The first-order chi connectivity index (χ1) is 19.1. The molecule has 1 aliphatic heterocycles. The summed E-state index contributed by atoms with van der Waals surface area (Å²) in [6.07, 6.45) is -1.11. The molecule has 1 fully saturated rings. The highest BCUT2D eigenvalue weighted by molar-refractivity contribution is 5.91. The number of esters is 3. The Morgan fingerprint density at radius 2 is 1.21 bits per heavy atom. The molecule has 0 aliphatic carbocycles. The van der Waals surface area contributed by atoms with Crippen LogP contribution in [0.5, 0.6) is 0 Å². The number of benzene rings is 3. The lowest BCUT2D eigenvalue weighted by Crippen LogP contribution is -2.42. The Balaban J connectivity index is 1.57. The summed E-state index contributed by atoms with van der Waals surface area (Å²) in [5, 5.41) is 0. The van der Waals surface area contributed by atoms with Crippen molar-refractivity contribution in [3.05, 3.63) is 120 Å². The van der Waals surface area contributed by atoms with E-state index in [9.17, 15) is 14.4 Å². The predicted octanol–water partition coefficient (Wildman–Crippen LogP) is 5.00. The highest BCUT2D eigenvalue weighted by Crippen LogP contribution is 2.30. The van der Waals surface area contributed by atoms with Gasteiger partial charge in [0.05, 0.1) is 23.3 Å². The smallest absolute Gasteiger partial charge is 0.338 e. The van der Waals surface area contributed by atoms with Gasteiger partial charge in [-0.25, -0.2) is 14.4 Å². The van der Waals surface area contributed by atoms with Crippen molar-refractivity contribution in [1.29, 1.82) is 0 Å². The number of unbranched alkanes of at least 4 members (excludes halogenated alkanes) is 1. The second-order valence-corrected chi connectivity index (χ2v) is 8.78. The van der Waals surface area contributed by atoms with Crippen molar-refractivity contribution < 1.29 is 38.1 Å². The van der Waals surface area contributed by atoms with Crippen molar-refractivity contribution >= 4 is 17.9 Å². The summed E-state index contributed by atoms with van der Waals surface area (Å²) in [5.74, 6) is -1.84. The summed E-state index contributed by atoms with van der Waals surface area (Å²) in [5.41, 5.74) is 0.980. The van der Waals surface area contributed by atoms with Crippen LogP contribution in [0.3, 0.4) is 0 Å². The molecule has 4 rings (SSSR count). The van der Waals surface area contributed by atoms with Crippen LogP contribution in [0.4, 0.5) is 0 Å². The van der Waals surface area contributed by atoms with Crippen molar-refractivity contribution in [1.82, 2.24) is 0 Å². The molecule has 0 spiro atoms. The number of rotatable bonds is 12. The van der Waals surface area contributed by atoms with Gasteiger partial charge in [-0.3, -0.25) is 0 Å². The van der Waals surface area contributed by atoms with Gasteiger partial charge in [-0.05, 0) is 49.2 Å². The van der Waals surface area contributed by atoms with E-state index in [1.807, 2.05) is 0 Å². The maximum Gasteiger partial charge on any atom is 0.338 e. The van der Waals surface area contributed by atoms with E-state index in [1.54, 1.807) is 97.1 Å². The normalized spacial score (nSPS) is 20.1. The third-order valence-corrected chi connectivity index (χ3v) is 6.00. The molecule has 4 atom stereocenters. The summed E-state index contributed by atoms with van der Waals surface area (Å²) >= 11 is 0. The average molecular weight is 532 g/mol. The summed E-state index contributed by atoms with van der Waals surface area (Å²) in [7, 11) is 0. The van der Waals surface area contributed by atoms with Crippen LogP contribution < -0.4 is 0 Å². The largest absolute Gasteiger partial charge is 0.459 e. The van der Waals surface area contributed by atoms with Gasteiger partial charge in [0.15, 0.2) is 18.5 Å². The van der Waals surface area contributed by atoms with E-state index in [4.69, 9.17) is 23.7 Å². The van der Waals surface area contributed by atoms with Crippen LogP contribution in [0, 0.1) is 0 Å². The molecule has 0 radical (unpaired) electrons. The van der Waals surface area contributed by atoms with E-state index < -0.39 is 42.5 Å². The Morgan fingerprint density at radius 3 is 1.72 bits per heavy atom. The second-order valence-electron chi connectivity index (χ2n) is 8.78. The quantitative estimate of drug-likeness (QED) is 0.106. The van der Waals surface area contributed by atoms with E-state index in [0.29, 0.717) is 29.5 Å².